The van der Waals surface area contributed by atoms with E-state index in [-0.39, 0.29) is 31.4 Å². The molecule has 1 heterocycles. The number of nitrogens with zero attached hydrogens (tertiary/aromatic N) is 1. The molecule has 1 atom stereocenters. The van der Waals surface area contributed by atoms with Crippen LogP contribution in [0.25, 0.3) is 6.08 Å². The van der Waals surface area contributed by atoms with Crippen LogP contribution in [0.2, 0.25) is 0 Å². The molecule has 0 radical (unpaired) electrons. The number of ether oxygens (including phenoxy) is 2. The molecule has 2 aromatic rings. The van der Waals surface area contributed by atoms with E-state index in [0.29, 0.717) is 17.9 Å². The Morgan fingerprint density at radius 2 is 1.87 bits per heavy atom. The zero-order valence-corrected chi connectivity index (χ0v) is 17.1. The summed E-state index contributed by atoms with van der Waals surface area (Å²) in [5.74, 6) is 0.599. The minimum atomic E-state index is -0.420. The number of carbonyl (C=O) groups is 2. The number of rotatable bonds is 8. The van der Waals surface area contributed by atoms with Gasteiger partial charge in [-0.1, -0.05) is 30.3 Å². The Kier molecular flexibility index (Phi) is 7.08. The number of aliphatic hydroxyl groups excluding tert-OH is 1. The maximum absolute atomic E-state index is 12.7. The van der Waals surface area contributed by atoms with E-state index < -0.39 is 6.04 Å². The van der Waals surface area contributed by atoms with E-state index in [0.717, 1.165) is 16.7 Å². The Morgan fingerprint density at radius 1 is 1.17 bits per heavy atom. The molecule has 0 aliphatic carbocycles. The highest BCUT2D eigenvalue weighted by atomic mass is 16.5. The van der Waals surface area contributed by atoms with E-state index in [2.05, 4.69) is 5.32 Å². The van der Waals surface area contributed by atoms with Crippen LogP contribution in [0.15, 0.2) is 48.7 Å². The molecule has 0 unspecified atom stereocenters. The quantitative estimate of drug-likeness (QED) is 0.693. The molecule has 1 aliphatic rings. The normalized spacial score (nSPS) is 14.0. The lowest BCUT2D eigenvalue weighted by molar-refractivity contribution is -0.133. The van der Waals surface area contributed by atoms with E-state index in [4.69, 9.17) is 9.47 Å². The second kappa shape index (κ2) is 9.93. The van der Waals surface area contributed by atoms with Crippen LogP contribution < -0.4 is 14.8 Å². The largest absolute Gasteiger partial charge is 0.493 e. The van der Waals surface area contributed by atoms with Gasteiger partial charge in [0, 0.05) is 6.20 Å². The zero-order chi connectivity index (χ0) is 21.5. The Labute approximate surface area is 175 Å². The van der Waals surface area contributed by atoms with Crippen molar-refractivity contribution in [3.05, 3.63) is 65.4 Å². The maximum Gasteiger partial charge on any atom is 0.240 e. The van der Waals surface area contributed by atoms with E-state index in [1.54, 1.807) is 32.6 Å². The van der Waals surface area contributed by atoms with Gasteiger partial charge < -0.3 is 24.8 Å². The summed E-state index contributed by atoms with van der Waals surface area (Å²) in [4.78, 5) is 26.6. The highest BCUT2D eigenvalue weighted by Gasteiger charge is 2.22. The van der Waals surface area contributed by atoms with Crippen molar-refractivity contribution in [1.29, 1.82) is 0 Å². The summed E-state index contributed by atoms with van der Waals surface area (Å²) in [5.41, 5.74) is 2.65. The van der Waals surface area contributed by atoms with Gasteiger partial charge in [0.15, 0.2) is 11.5 Å². The van der Waals surface area contributed by atoms with Crippen molar-refractivity contribution in [2.24, 2.45) is 0 Å². The first-order valence-corrected chi connectivity index (χ1v) is 9.70. The summed E-state index contributed by atoms with van der Waals surface area (Å²) in [6, 6.07) is 12.8. The third kappa shape index (κ3) is 5.18. The van der Waals surface area contributed by atoms with Gasteiger partial charge in [0.2, 0.25) is 11.8 Å². The summed E-state index contributed by atoms with van der Waals surface area (Å²) < 4.78 is 10.6. The lowest BCUT2D eigenvalue weighted by Crippen LogP contribution is -2.44. The van der Waals surface area contributed by atoms with E-state index in [9.17, 15) is 14.7 Å². The smallest absolute Gasteiger partial charge is 0.240 e. The Morgan fingerprint density at radius 3 is 2.53 bits per heavy atom. The van der Waals surface area contributed by atoms with Crippen LogP contribution in [0.4, 0.5) is 0 Å². The summed E-state index contributed by atoms with van der Waals surface area (Å²) in [6.45, 7) is -0.307. The van der Waals surface area contributed by atoms with Gasteiger partial charge in [0.1, 0.15) is 6.54 Å². The standard InChI is InChI=1S/C23H26N2O5/c1-29-20-11-17-8-9-25(23(28)13-18(17)12-21(20)30-2)14-22(27)24-19(15-26)10-16-6-4-3-5-7-16/h3-9,11-12,19,26H,10,13-15H2,1-2H3,(H,24,27)/t19-/m0/s1. The Bertz CT molecular complexity index is 927. The van der Waals surface area contributed by atoms with Crippen LogP contribution in [-0.4, -0.2) is 55.2 Å². The molecule has 0 saturated carbocycles. The first-order valence-electron chi connectivity index (χ1n) is 9.70. The van der Waals surface area contributed by atoms with Crippen molar-refractivity contribution >= 4 is 17.9 Å². The average Bonchev–Trinajstić information content (AvgIpc) is 2.91. The summed E-state index contributed by atoms with van der Waals surface area (Å²) >= 11 is 0. The van der Waals surface area contributed by atoms with Crippen LogP contribution >= 0.6 is 0 Å². The molecule has 2 aromatic carbocycles. The molecule has 158 valence electrons. The second-order valence-electron chi connectivity index (χ2n) is 7.06. The van der Waals surface area contributed by atoms with E-state index in [1.165, 1.54) is 4.90 Å². The van der Waals surface area contributed by atoms with Crippen molar-refractivity contribution < 1.29 is 24.2 Å². The molecule has 0 fully saturated rings. The SMILES string of the molecule is COc1cc2c(cc1OC)CC(=O)N(CC(=O)N[C@H](CO)Cc1ccccc1)C=C2. The minimum Gasteiger partial charge on any atom is -0.493 e. The minimum absolute atomic E-state index is 0.122. The fourth-order valence-electron chi connectivity index (χ4n) is 3.39. The lowest BCUT2D eigenvalue weighted by Gasteiger charge is -2.20. The van der Waals surface area contributed by atoms with Gasteiger partial charge >= 0.3 is 0 Å². The van der Waals surface area contributed by atoms with Crippen LogP contribution in [0.5, 0.6) is 11.5 Å². The molecule has 30 heavy (non-hydrogen) atoms. The molecule has 0 aromatic heterocycles. The van der Waals surface area contributed by atoms with Crippen LogP contribution in [0.1, 0.15) is 16.7 Å². The number of carbonyl (C=O) groups excluding carboxylic acids is 2. The molecular weight excluding hydrogens is 384 g/mol. The lowest BCUT2D eigenvalue weighted by atomic mass is 10.0. The Balaban J connectivity index is 1.66. The highest BCUT2D eigenvalue weighted by molar-refractivity contribution is 5.89. The first-order chi connectivity index (χ1) is 14.5. The molecule has 7 heteroatoms. The Hall–Kier alpha value is -3.32. The van der Waals surface area contributed by atoms with Crippen LogP contribution in [0.3, 0.4) is 0 Å². The number of fused-ring (bicyclic) bond motifs is 1. The monoisotopic (exact) mass is 410 g/mol. The van der Waals surface area contributed by atoms with Gasteiger partial charge in [-0.3, -0.25) is 9.59 Å². The summed E-state index contributed by atoms with van der Waals surface area (Å²) in [6.07, 6.45) is 4.04. The fourth-order valence-corrected chi connectivity index (χ4v) is 3.39. The third-order valence-corrected chi connectivity index (χ3v) is 4.97. The molecule has 7 nitrogen and oxygen atoms in total. The topological polar surface area (TPSA) is 88.1 Å². The second-order valence-corrected chi connectivity index (χ2v) is 7.06. The number of nitrogens with one attached hydrogen (secondary N) is 1. The molecule has 2 amide bonds. The predicted octanol–water partition coefficient (Wildman–Crippen LogP) is 1.78. The van der Waals surface area contributed by atoms with Gasteiger partial charge in [-0.2, -0.15) is 0 Å². The summed E-state index contributed by atoms with van der Waals surface area (Å²) in [7, 11) is 3.10. The van der Waals surface area contributed by atoms with Crippen molar-refractivity contribution in [1.82, 2.24) is 10.2 Å². The average molecular weight is 410 g/mol. The van der Waals surface area contributed by atoms with Gasteiger partial charge in [-0.25, -0.2) is 0 Å². The van der Waals surface area contributed by atoms with Crippen molar-refractivity contribution in [2.75, 3.05) is 27.4 Å². The summed E-state index contributed by atoms with van der Waals surface area (Å²) in [5, 5.41) is 12.4. The molecule has 1 aliphatic heterocycles. The highest BCUT2D eigenvalue weighted by Crippen LogP contribution is 2.32. The number of hydrogen-bond acceptors (Lipinski definition) is 5. The number of amides is 2. The number of benzene rings is 2. The number of hydrogen-bond donors (Lipinski definition) is 2. The van der Waals surface area contributed by atoms with Crippen molar-refractivity contribution in [2.45, 2.75) is 18.9 Å². The molecule has 3 rings (SSSR count). The molecular formula is C23H26N2O5. The predicted molar refractivity (Wildman–Crippen MR) is 113 cm³/mol. The number of aliphatic hydroxyl groups is 1. The van der Waals surface area contributed by atoms with Gasteiger partial charge in [0.25, 0.3) is 0 Å². The van der Waals surface area contributed by atoms with Gasteiger partial charge in [-0.05, 0) is 41.3 Å². The van der Waals surface area contributed by atoms with Crippen LogP contribution in [-0.2, 0) is 22.4 Å². The molecule has 0 spiro atoms. The molecule has 0 bridgehead atoms. The third-order valence-electron chi connectivity index (χ3n) is 4.97. The molecule has 0 saturated heterocycles. The first kappa shape index (κ1) is 21.4. The zero-order valence-electron chi connectivity index (χ0n) is 17.1. The van der Waals surface area contributed by atoms with E-state index >= 15 is 0 Å². The maximum atomic E-state index is 12.7. The van der Waals surface area contributed by atoms with Gasteiger partial charge in [0.05, 0.1) is 33.3 Å². The molecule has 2 N–H and O–H groups in total. The van der Waals surface area contributed by atoms with Crippen molar-refractivity contribution in [3.63, 3.8) is 0 Å². The van der Waals surface area contributed by atoms with Crippen molar-refractivity contribution in [3.8, 4) is 11.5 Å². The van der Waals surface area contributed by atoms with Crippen LogP contribution in [0, 0.1) is 0 Å². The van der Waals surface area contributed by atoms with Gasteiger partial charge in [-0.15, -0.1) is 0 Å². The number of methoxy groups -OCH3 is 2. The van der Waals surface area contributed by atoms with E-state index in [1.807, 2.05) is 36.4 Å². The fraction of sp³-hybridized carbons (Fsp3) is 0.304.